The number of hydrogen-bond donors (Lipinski definition) is 1. The third-order valence-electron chi connectivity index (χ3n) is 3.33. The van der Waals surface area contributed by atoms with Crippen molar-refractivity contribution in [2.45, 2.75) is 26.7 Å². The van der Waals surface area contributed by atoms with Crippen molar-refractivity contribution in [3.05, 3.63) is 52.7 Å². The van der Waals surface area contributed by atoms with Crippen molar-refractivity contribution < 1.29 is 19.4 Å². The molecule has 0 bridgehead atoms. The number of hydrogen-bond acceptors (Lipinski definition) is 5. The number of carbonyl (C=O) groups is 1. The van der Waals surface area contributed by atoms with E-state index < -0.39 is 0 Å². The highest BCUT2D eigenvalue weighted by atomic mass is 35.5. The van der Waals surface area contributed by atoms with Crippen LogP contribution in [0.25, 0.3) is 6.08 Å². The summed E-state index contributed by atoms with van der Waals surface area (Å²) in [6, 6.07) is 6.57. The van der Waals surface area contributed by atoms with Crippen molar-refractivity contribution in [1.82, 2.24) is 4.98 Å². The molecule has 0 fully saturated rings. The van der Waals surface area contributed by atoms with Crippen LogP contribution in [0.3, 0.4) is 0 Å². The molecule has 25 heavy (non-hydrogen) atoms. The summed E-state index contributed by atoms with van der Waals surface area (Å²) in [4.78, 5) is 15.6. The molecule has 0 unspecified atom stereocenters. The van der Waals surface area contributed by atoms with Gasteiger partial charge in [-0.2, -0.15) is 0 Å². The Balaban J connectivity index is 2.08. The molecule has 1 N–H and O–H groups in total. The molecule has 1 aromatic carbocycles. The lowest BCUT2D eigenvalue weighted by Gasteiger charge is -2.11. The summed E-state index contributed by atoms with van der Waals surface area (Å²) >= 11 is 6.28. The van der Waals surface area contributed by atoms with Crippen molar-refractivity contribution in [2.75, 3.05) is 6.61 Å². The van der Waals surface area contributed by atoms with E-state index in [0.29, 0.717) is 23.3 Å². The van der Waals surface area contributed by atoms with E-state index in [4.69, 9.17) is 21.1 Å². The first-order valence-corrected chi connectivity index (χ1v) is 8.35. The Hall–Kier alpha value is -2.53. The van der Waals surface area contributed by atoms with E-state index in [2.05, 4.69) is 4.98 Å². The van der Waals surface area contributed by atoms with Gasteiger partial charge >= 0.3 is 5.97 Å². The Labute approximate surface area is 151 Å². The molecule has 132 valence electrons. The van der Waals surface area contributed by atoms with Gasteiger partial charge < -0.3 is 14.6 Å². The number of benzene rings is 1. The van der Waals surface area contributed by atoms with Gasteiger partial charge in [-0.1, -0.05) is 24.9 Å². The first-order chi connectivity index (χ1) is 12.0. The van der Waals surface area contributed by atoms with Gasteiger partial charge in [0.15, 0.2) is 5.75 Å². The van der Waals surface area contributed by atoms with Gasteiger partial charge in [0.2, 0.25) is 5.88 Å². The second kappa shape index (κ2) is 9.08. The molecular weight excluding hydrogens is 342 g/mol. The summed E-state index contributed by atoms with van der Waals surface area (Å²) in [5.41, 5.74) is 1.56. The standard InChI is InChI=1S/C19H20ClNO4/c1-3-4-9-24-18(23)8-5-14-10-13(2)19(16(20)11-14)25-17-7-6-15(22)12-21-17/h5-8,10-12,22H,3-4,9H2,1-2H3. The monoisotopic (exact) mass is 361 g/mol. The van der Waals surface area contributed by atoms with Crippen LogP contribution in [0.5, 0.6) is 17.4 Å². The number of nitrogens with zero attached hydrogens (tertiary/aromatic N) is 1. The summed E-state index contributed by atoms with van der Waals surface area (Å²) < 4.78 is 10.7. The second-order valence-electron chi connectivity index (χ2n) is 5.46. The molecule has 0 radical (unpaired) electrons. The van der Waals surface area contributed by atoms with Crippen molar-refractivity contribution >= 4 is 23.6 Å². The van der Waals surface area contributed by atoms with Crippen LogP contribution in [0.2, 0.25) is 5.02 Å². The molecule has 0 aliphatic rings. The van der Waals surface area contributed by atoms with Crippen molar-refractivity contribution in [2.24, 2.45) is 0 Å². The zero-order valence-corrected chi connectivity index (χ0v) is 14.9. The predicted octanol–water partition coefficient (Wildman–Crippen LogP) is 4.90. The number of pyridine rings is 1. The number of unbranched alkanes of at least 4 members (excludes halogenated alkanes) is 1. The van der Waals surface area contributed by atoms with Gasteiger partial charge in [-0.25, -0.2) is 9.78 Å². The minimum absolute atomic E-state index is 0.0569. The number of aromatic hydroxyl groups is 1. The number of aryl methyl sites for hydroxylation is 1. The van der Waals surface area contributed by atoms with Gasteiger partial charge in [-0.15, -0.1) is 0 Å². The molecular formula is C19H20ClNO4. The topological polar surface area (TPSA) is 68.7 Å². The first kappa shape index (κ1) is 18.8. The molecule has 1 aromatic heterocycles. The van der Waals surface area contributed by atoms with Crippen LogP contribution in [-0.2, 0) is 9.53 Å². The average molecular weight is 362 g/mol. The minimum Gasteiger partial charge on any atom is -0.506 e. The van der Waals surface area contributed by atoms with Gasteiger partial charge in [0.1, 0.15) is 5.75 Å². The third-order valence-corrected chi connectivity index (χ3v) is 3.61. The Morgan fingerprint density at radius 1 is 1.36 bits per heavy atom. The van der Waals surface area contributed by atoms with Crippen LogP contribution in [0.15, 0.2) is 36.5 Å². The molecule has 2 rings (SSSR count). The maximum Gasteiger partial charge on any atom is 0.330 e. The number of halogens is 1. The largest absolute Gasteiger partial charge is 0.506 e. The fourth-order valence-electron chi connectivity index (χ4n) is 2.05. The minimum atomic E-state index is -0.379. The number of rotatable bonds is 7. The van der Waals surface area contributed by atoms with E-state index in [9.17, 15) is 9.90 Å². The van der Waals surface area contributed by atoms with E-state index in [1.165, 1.54) is 18.3 Å². The summed E-state index contributed by atoms with van der Waals surface area (Å²) in [6.07, 6.45) is 6.14. The lowest BCUT2D eigenvalue weighted by Crippen LogP contribution is -2.01. The second-order valence-corrected chi connectivity index (χ2v) is 5.87. The summed E-state index contributed by atoms with van der Waals surface area (Å²) in [6.45, 7) is 4.30. The number of ether oxygens (including phenoxy) is 2. The van der Waals surface area contributed by atoms with E-state index >= 15 is 0 Å². The van der Waals surface area contributed by atoms with Crippen molar-refractivity contribution in [3.8, 4) is 17.4 Å². The van der Waals surface area contributed by atoms with Gasteiger partial charge in [0.05, 0.1) is 17.8 Å². The average Bonchev–Trinajstić information content (AvgIpc) is 2.58. The normalized spacial score (nSPS) is 10.8. The van der Waals surface area contributed by atoms with Gasteiger partial charge in [0, 0.05) is 12.1 Å². The molecule has 0 atom stereocenters. The molecule has 0 saturated carbocycles. The summed E-state index contributed by atoms with van der Waals surface area (Å²) in [7, 11) is 0. The zero-order chi connectivity index (χ0) is 18.2. The molecule has 0 aliphatic carbocycles. The maximum atomic E-state index is 11.6. The van der Waals surface area contributed by atoms with Gasteiger partial charge in [-0.3, -0.25) is 0 Å². The summed E-state index contributed by atoms with van der Waals surface area (Å²) in [5, 5.41) is 9.65. The summed E-state index contributed by atoms with van der Waals surface area (Å²) in [5.74, 6) is 0.477. The molecule has 0 aliphatic heterocycles. The Morgan fingerprint density at radius 3 is 2.80 bits per heavy atom. The maximum absolute atomic E-state index is 11.6. The van der Waals surface area contributed by atoms with Crippen LogP contribution >= 0.6 is 11.6 Å². The smallest absolute Gasteiger partial charge is 0.330 e. The number of carbonyl (C=O) groups excluding carboxylic acids is 1. The SMILES string of the molecule is CCCCOC(=O)C=Cc1cc(C)c(Oc2ccc(O)cn2)c(Cl)c1. The molecule has 1 heterocycles. The highest BCUT2D eigenvalue weighted by molar-refractivity contribution is 6.32. The van der Waals surface area contributed by atoms with E-state index in [0.717, 1.165) is 24.0 Å². The fourth-order valence-corrected chi connectivity index (χ4v) is 2.36. The molecule has 0 saturated heterocycles. The fraction of sp³-hybridized carbons (Fsp3) is 0.263. The quantitative estimate of drug-likeness (QED) is 0.431. The first-order valence-electron chi connectivity index (χ1n) is 7.97. The highest BCUT2D eigenvalue weighted by Gasteiger charge is 2.10. The van der Waals surface area contributed by atoms with Crippen LogP contribution in [0.4, 0.5) is 0 Å². The Kier molecular flexibility index (Phi) is 6.83. The molecule has 6 heteroatoms. The third kappa shape index (κ3) is 5.80. The van der Waals surface area contributed by atoms with E-state index in [1.807, 2.05) is 19.9 Å². The molecule has 0 spiro atoms. The number of aromatic nitrogens is 1. The molecule has 5 nitrogen and oxygen atoms in total. The Morgan fingerprint density at radius 2 is 2.16 bits per heavy atom. The van der Waals surface area contributed by atoms with Crippen LogP contribution in [0.1, 0.15) is 30.9 Å². The lowest BCUT2D eigenvalue weighted by atomic mass is 10.1. The Bertz CT molecular complexity index is 734. The number of esters is 1. The van der Waals surface area contributed by atoms with Crippen LogP contribution < -0.4 is 4.74 Å². The van der Waals surface area contributed by atoms with Crippen molar-refractivity contribution in [3.63, 3.8) is 0 Å². The van der Waals surface area contributed by atoms with Crippen molar-refractivity contribution in [1.29, 1.82) is 0 Å². The van der Waals surface area contributed by atoms with E-state index in [-0.39, 0.29) is 11.7 Å². The molecule has 2 aromatic rings. The zero-order valence-electron chi connectivity index (χ0n) is 14.2. The van der Waals surface area contributed by atoms with E-state index in [1.54, 1.807) is 18.2 Å². The van der Waals surface area contributed by atoms with Gasteiger partial charge in [-0.05, 0) is 48.7 Å². The lowest BCUT2D eigenvalue weighted by molar-refractivity contribution is -0.137. The van der Waals surface area contributed by atoms with Gasteiger partial charge in [0.25, 0.3) is 0 Å². The predicted molar refractivity (Wildman–Crippen MR) is 97.1 cm³/mol. The van der Waals surface area contributed by atoms with Crippen LogP contribution in [0, 0.1) is 6.92 Å². The van der Waals surface area contributed by atoms with Crippen LogP contribution in [-0.4, -0.2) is 22.7 Å². The highest BCUT2D eigenvalue weighted by Crippen LogP contribution is 2.33. The molecule has 0 amide bonds.